The Kier molecular flexibility index (Phi) is 27.4. The van der Waals surface area contributed by atoms with Crippen molar-refractivity contribution < 1.29 is 33.4 Å². The normalized spacial score (nSPS) is 23.6. The molecule has 7 heterocycles. The Morgan fingerprint density at radius 3 is 2.28 bits per heavy atom. The maximum atomic E-state index is 14.9. The number of pyridine rings is 1. The van der Waals surface area contributed by atoms with E-state index in [2.05, 4.69) is 117 Å². The molecule has 7 fully saturated rings. The van der Waals surface area contributed by atoms with E-state index in [0.29, 0.717) is 64.7 Å². The van der Waals surface area contributed by atoms with Crippen molar-refractivity contribution >= 4 is 65.8 Å². The van der Waals surface area contributed by atoms with Crippen molar-refractivity contribution in [3.05, 3.63) is 89.0 Å². The second kappa shape index (κ2) is 34.9. The molecule has 9 atom stereocenters. The summed E-state index contributed by atoms with van der Waals surface area (Å²) in [5.41, 5.74) is 8.30. The number of carbonyl (C=O) groups excluding carboxylic acids is 3. The predicted molar refractivity (Wildman–Crippen MR) is 387 cm³/mol. The van der Waals surface area contributed by atoms with E-state index in [1.54, 1.807) is 12.3 Å². The average Bonchev–Trinajstić information content (AvgIpc) is 0.947. The molecule has 16 heteroatoms. The van der Waals surface area contributed by atoms with Gasteiger partial charge in [-0.25, -0.2) is 4.39 Å². The van der Waals surface area contributed by atoms with Crippen LogP contribution in [0.4, 0.5) is 15.9 Å². The third-order valence-electron chi connectivity index (χ3n) is 21.8. The number of aliphatic hydroxyl groups is 1. The molecule has 2 amide bonds. The van der Waals surface area contributed by atoms with Gasteiger partial charge in [-0.3, -0.25) is 24.4 Å². The van der Waals surface area contributed by atoms with Gasteiger partial charge >= 0.3 is 6.01 Å². The van der Waals surface area contributed by atoms with Gasteiger partial charge < -0.3 is 34.5 Å². The number of nitrogens with zero attached hydrogens (tertiary/aromatic N) is 7. The van der Waals surface area contributed by atoms with Crippen LogP contribution in [-0.4, -0.2) is 132 Å². The van der Waals surface area contributed by atoms with Gasteiger partial charge in [-0.15, -0.1) is 15.7 Å². The zero-order valence-corrected chi connectivity index (χ0v) is 60.0. The topological polar surface area (TPSA) is 154 Å². The number of anilines is 2. The largest absolute Gasteiger partial charge is 0.467 e. The Hall–Kier alpha value is -5.88. The van der Waals surface area contributed by atoms with Crippen LogP contribution < -0.4 is 25.2 Å². The standard InChI is InChI=1S/C36H57N3O2.C29H28FN4O2P.C9H17NO.C2H4O.C2H6/c1-8-19-36(20-15-25(4)9-2)21-16-33(36)38-22-17-29(18-23-38)30-11-12-31(27(6)24-30)39(35(41)26(5)10-3)32-13-14-34(40)37-28(32)7;1-3-20-23(30)10-9-17-12-18(16-6-4-7-16)13-21(24(17)20)25-27(37)26-22(14-31-25)28(33-29(32-26)36-2)34-11-5-8-19(35)15-34;1-11-7-9-5-4-8-3-2-6-10(8)9;1-2-3;1-2/h11-12,24-26,29,32-33H,7-10,13-23H2,1-6H3,(H,37,40);1,9-10,12-14,16,19,35H,4-8,11,15,37H2,2H3;8-9H,2-7H2,1H3;2H,1H3;1-2H3. The first kappa shape index (κ1) is 73.9. The fraction of sp³-hybridized carbons (Fsp3) is 0.615. The van der Waals surface area contributed by atoms with Gasteiger partial charge in [-0.2, -0.15) is 9.97 Å². The Labute approximate surface area is 565 Å². The fourth-order valence-corrected chi connectivity index (χ4v) is 16.4. The Balaban J connectivity index is 0.000000196. The lowest BCUT2D eigenvalue weighted by molar-refractivity contribution is -0.124. The van der Waals surface area contributed by atoms with Crippen molar-refractivity contribution in [2.24, 2.45) is 17.3 Å². The number of aldehydes is 1. The summed E-state index contributed by atoms with van der Waals surface area (Å²) >= 11 is 0. The van der Waals surface area contributed by atoms with E-state index in [1.165, 1.54) is 141 Å². The van der Waals surface area contributed by atoms with E-state index in [1.807, 2.05) is 32.8 Å². The summed E-state index contributed by atoms with van der Waals surface area (Å²) in [6, 6.07) is 16.7. The highest BCUT2D eigenvalue weighted by molar-refractivity contribution is 7.28. The molecule has 0 radical (unpaired) electrons. The summed E-state index contributed by atoms with van der Waals surface area (Å²) < 4.78 is 25.5. The number of nitrogens with one attached hydrogen (secondary N) is 1. The number of hydrogen-bond donors (Lipinski definition) is 2. The van der Waals surface area contributed by atoms with Gasteiger partial charge in [0.1, 0.15) is 17.9 Å². The second-order valence-corrected chi connectivity index (χ2v) is 28.2. The maximum absolute atomic E-state index is 14.9. The first-order chi connectivity index (χ1) is 45.4. The van der Waals surface area contributed by atoms with Gasteiger partial charge in [0.25, 0.3) is 0 Å². The predicted octanol–water partition coefficient (Wildman–Crippen LogP) is 15.3. The van der Waals surface area contributed by atoms with Crippen LogP contribution in [0.1, 0.15) is 224 Å². The quantitative estimate of drug-likeness (QED) is 0.0488. The summed E-state index contributed by atoms with van der Waals surface area (Å²) in [6.45, 7) is 28.8. The molecule has 5 aromatic rings. The van der Waals surface area contributed by atoms with E-state index in [4.69, 9.17) is 25.7 Å². The second-order valence-electron chi connectivity index (χ2n) is 27.6. The third kappa shape index (κ3) is 16.9. The molecule has 0 spiro atoms. The summed E-state index contributed by atoms with van der Waals surface area (Å²) in [6.07, 6.45) is 32.5. The fourth-order valence-electron chi connectivity index (χ4n) is 16.0. The number of halogens is 1. The number of aromatic nitrogens is 3. The van der Waals surface area contributed by atoms with E-state index in [9.17, 15) is 19.1 Å². The van der Waals surface area contributed by atoms with Crippen LogP contribution in [0.5, 0.6) is 6.01 Å². The lowest BCUT2D eigenvalue weighted by atomic mass is 9.58. The summed E-state index contributed by atoms with van der Waals surface area (Å²) in [4.78, 5) is 58.1. The molecular weight excluding hydrogens is 1190 g/mol. The van der Waals surface area contributed by atoms with Crippen LogP contribution in [-0.2, 0) is 19.1 Å². The molecule has 5 aliphatic heterocycles. The van der Waals surface area contributed by atoms with Gasteiger partial charge in [0.05, 0.1) is 48.0 Å². The molecule has 9 unspecified atom stereocenters. The van der Waals surface area contributed by atoms with Gasteiger partial charge in [0, 0.05) is 84.5 Å². The molecule has 7 aliphatic rings. The summed E-state index contributed by atoms with van der Waals surface area (Å²) in [5, 5.41) is 16.3. The van der Waals surface area contributed by atoms with Crippen molar-refractivity contribution in [3.63, 3.8) is 0 Å². The molecule has 14 nitrogen and oxygen atoms in total. The number of aliphatic hydroxyl groups excluding tert-OH is 1. The van der Waals surface area contributed by atoms with Gasteiger partial charge in [0.15, 0.2) is 0 Å². The Morgan fingerprint density at radius 1 is 0.926 bits per heavy atom. The molecule has 12 rings (SSSR count). The summed E-state index contributed by atoms with van der Waals surface area (Å²) in [7, 11) is 6.12. The zero-order chi connectivity index (χ0) is 67.8. The SMILES string of the molecule is C#Cc1c(F)ccc2cc(C3CCC3)cc(-c3ncc4c(N5CCCC(O)C5)nc(OC)nc4c3P)c12.C=C1NC(=O)CCC1N(C(=O)C(C)CC)c1ccc(C2CCN(C3CCC3(CCC)CCC(C)CC)CC2)cc1C.CC.CC=O.COCC1CCC2CCCN21. The smallest absolute Gasteiger partial charge is 0.318 e. The van der Waals surface area contributed by atoms with Gasteiger partial charge in [0.2, 0.25) is 11.8 Å². The highest BCUT2D eigenvalue weighted by Crippen LogP contribution is 2.53. The number of terminal acetylenes is 1. The molecule has 2 saturated carbocycles. The molecule has 2 aromatic heterocycles. The molecule has 5 saturated heterocycles. The Morgan fingerprint density at radius 2 is 1.66 bits per heavy atom. The lowest BCUT2D eigenvalue weighted by Gasteiger charge is -2.56. The number of amides is 2. The van der Waals surface area contributed by atoms with E-state index < -0.39 is 11.9 Å². The number of ether oxygens (including phenoxy) is 2. The van der Waals surface area contributed by atoms with Crippen molar-refractivity contribution in [1.29, 1.82) is 0 Å². The highest BCUT2D eigenvalue weighted by Gasteiger charge is 2.49. The zero-order valence-electron chi connectivity index (χ0n) is 58.8. The van der Waals surface area contributed by atoms with Crippen molar-refractivity contribution in [2.75, 3.05) is 63.4 Å². The highest BCUT2D eigenvalue weighted by atomic mass is 31.0. The molecule has 512 valence electrons. The van der Waals surface area contributed by atoms with Gasteiger partial charge in [-0.05, 0) is 200 Å². The minimum atomic E-state index is -0.423. The Bertz CT molecular complexity index is 3420. The van der Waals surface area contributed by atoms with Crippen LogP contribution in [0.2, 0.25) is 0 Å². The van der Waals surface area contributed by atoms with Crippen molar-refractivity contribution in [1.82, 2.24) is 30.1 Å². The minimum Gasteiger partial charge on any atom is -0.467 e. The average molecular weight is 1310 g/mol. The maximum Gasteiger partial charge on any atom is 0.318 e. The van der Waals surface area contributed by atoms with Crippen LogP contribution >= 0.6 is 9.24 Å². The van der Waals surface area contributed by atoms with Crippen molar-refractivity contribution in [3.8, 4) is 29.6 Å². The van der Waals surface area contributed by atoms with Gasteiger partial charge in [-0.1, -0.05) is 111 Å². The molecule has 2 N–H and O–H groups in total. The monoisotopic (exact) mass is 1310 g/mol. The van der Waals surface area contributed by atoms with E-state index >= 15 is 0 Å². The molecule has 94 heavy (non-hydrogen) atoms. The first-order valence-corrected chi connectivity index (χ1v) is 36.5. The number of rotatable bonds is 18. The third-order valence-corrected chi connectivity index (χ3v) is 22.4. The minimum absolute atomic E-state index is 0.00930. The summed E-state index contributed by atoms with van der Waals surface area (Å²) in [5.74, 6) is 4.75. The molecule has 2 aliphatic carbocycles. The number of carbonyl (C=O) groups is 3. The lowest BCUT2D eigenvalue weighted by Crippen LogP contribution is -2.57. The number of aryl methyl sites for hydroxylation is 1. The van der Waals surface area contributed by atoms with E-state index in [-0.39, 0.29) is 35.3 Å². The number of piperidine rings is 3. The molecule has 3 aromatic carbocycles. The number of fused-ring (bicyclic) bond motifs is 3. The number of hydrogen-bond acceptors (Lipinski definition) is 12. The number of methoxy groups -OCH3 is 2. The molecule has 0 bridgehead atoms. The van der Waals surface area contributed by atoms with Crippen LogP contribution in [0.3, 0.4) is 0 Å². The first-order valence-electron chi connectivity index (χ1n) is 35.9. The van der Waals surface area contributed by atoms with Crippen LogP contribution in [0.15, 0.2) is 60.9 Å². The molecular formula is C78H112FN8O6P. The number of β-amino-alcohol motifs (C(OH)–C–C–N with tert-alkyl or cyclic N) is 1. The van der Waals surface area contributed by atoms with E-state index in [0.717, 1.165) is 108 Å². The number of benzene rings is 3. The number of likely N-dealkylation sites (tertiary alicyclic amines) is 1. The van der Waals surface area contributed by atoms with Crippen molar-refractivity contribution in [2.45, 2.75) is 239 Å². The van der Waals surface area contributed by atoms with Crippen LogP contribution in [0, 0.1) is 42.3 Å². The van der Waals surface area contributed by atoms with Crippen LogP contribution in [0.25, 0.3) is 32.9 Å².